The summed E-state index contributed by atoms with van der Waals surface area (Å²) in [5.41, 5.74) is 0.528. The highest BCUT2D eigenvalue weighted by Crippen LogP contribution is 2.20. The molecule has 1 fully saturated rings. The van der Waals surface area contributed by atoms with Gasteiger partial charge in [-0.05, 0) is 24.6 Å². The summed E-state index contributed by atoms with van der Waals surface area (Å²) in [5, 5.41) is 8.91. The lowest BCUT2D eigenvalue weighted by Crippen LogP contribution is -2.29. The Bertz CT molecular complexity index is 472. The zero-order valence-corrected chi connectivity index (χ0v) is 10.1. The van der Waals surface area contributed by atoms with Crippen molar-refractivity contribution in [2.45, 2.75) is 6.42 Å². The van der Waals surface area contributed by atoms with E-state index in [1.807, 2.05) is 0 Å². The summed E-state index contributed by atoms with van der Waals surface area (Å²) in [6.45, 7) is 0.776. The number of amides is 1. The van der Waals surface area contributed by atoms with E-state index in [9.17, 15) is 9.59 Å². The lowest BCUT2D eigenvalue weighted by Gasteiger charge is -2.16. The van der Waals surface area contributed by atoms with Crippen LogP contribution in [0.15, 0.2) is 24.3 Å². The molecule has 1 atom stereocenters. The average molecular weight is 249 g/mol. The topological polar surface area (TPSA) is 66.8 Å². The number of carbonyl (C=O) groups is 2. The van der Waals surface area contributed by atoms with Gasteiger partial charge >= 0.3 is 5.97 Å². The molecule has 0 aliphatic carbocycles. The van der Waals surface area contributed by atoms with Gasteiger partial charge in [0.2, 0.25) is 0 Å². The van der Waals surface area contributed by atoms with Gasteiger partial charge in [0.05, 0.1) is 13.0 Å². The number of aliphatic carboxylic acids is 1. The molecule has 18 heavy (non-hydrogen) atoms. The summed E-state index contributed by atoms with van der Waals surface area (Å²) in [6, 6.07) is 6.88. The number of carboxylic acid groups (broad SMARTS) is 1. The van der Waals surface area contributed by atoms with Gasteiger partial charge in [-0.1, -0.05) is 6.07 Å². The molecule has 1 unspecified atom stereocenters. The summed E-state index contributed by atoms with van der Waals surface area (Å²) in [7, 11) is 1.54. The van der Waals surface area contributed by atoms with Gasteiger partial charge in [0, 0.05) is 18.7 Å². The van der Waals surface area contributed by atoms with E-state index >= 15 is 0 Å². The largest absolute Gasteiger partial charge is 0.497 e. The molecule has 0 radical (unpaired) electrons. The van der Waals surface area contributed by atoms with Gasteiger partial charge < -0.3 is 14.7 Å². The fourth-order valence-electron chi connectivity index (χ4n) is 2.08. The van der Waals surface area contributed by atoms with E-state index in [1.165, 1.54) is 0 Å². The van der Waals surface area contributed by atoms with Crippen LogP contribution in [0.5, 0.6) is 5.75 Å². The number of benzene rings is 1. The Hall–Kier alpha value is -2.04. The first-order valence-electron chi connectivity index (χ1n) is 5.78. The Kier molecular flexibility index (Phi) is 3.50. The zero-order chi connectivity index (χ0) is 13.1. The van der Waals surface area contributed by atoms with E-state index in [1.54, 1.807) is 36.3 Å². The van der Waals surface area contributed by atoms with Crippen LogP contribution in [0.25, 0.3) is 0 Å². The Morgan fingerprint density at radius 3 is 2.83 bits per heavy atom. The normalized spacial score (nSPS) is 18.7. The molecule has 0 bridgehead atoms. The van der Waals surface area contributed by atoms with Crippen molar-refractivity contribution in [1.82, 2.24) is 4.90 Å². The van der Waals surface area contributed by atoms with Gasteiger partial charge in [0.15, 0.2) is 0 Å². The van der Waals surface area contributed by atoms with Gasteiger partial charge in [-0.25, -0.2) is 0 Å². The lowest BCUT2D eigenvalue weighted by molar-refractivity contribution is -0.141. The molecule has 2 rings (SSSR count). The van der Waals surface area contributed by atoms with E-state index < -0.39 is 11.9 Å². The molecule has 0 saturated carbocycles. The number of rotatable bonds is 3. The summed E-state index contributed by atoms with van der Waals surface area (Å²) < 4.78 is 5.06. The second kappa shape index (κ2) is 5.08. The van der Waals surface area contributed by atoms with Gasteiger partial charge in [0.25, 0.3) is 5.91 Å². The van der Waals surface area contributed by atoms with Gasteiger partial charge in [0.1, 0.15) is 5.75 Å². The molecular weight excluding hydrogens is 234 g/mol. The molecule has 5 nitrogen and oxygen atoms in total. The minimum atomic E-state index is -0.837. The van der Waals surface area contributed by atoms with Gasteiger partial charge in [-0.15, -0.1) is 0 Å². The number of methoxy groups -OCH3 is 1. The molecule has 0 aromatic heterocycles. The van der Waals surface area contributed by atoms with Crippen LogP contribution in [0.2, 0.25) is 0 Å². The number of carbonyl (C=O) groups excluding carboxylic acids is 1. The highest BCUT2D eigenvalue weighted by molar-refractivity contribution is 5.95. The van der Waals surface area contributed by atoms with Crippen molar-refractivity contribution in [3.63, 3.8) is 0 Å². The molecule has 1 aromatic rings. The van der Waals surface area contributed by atoms with Crippen molar-refractivity contribution in [2.24, 2.45) is 5.92 Å². The van der Waals surface area contributed by atoms with Crippen LogP contribution in [0.3, 0.4) is 0 Å². The van der Waals surface area contributed by atoms with Crippen molar-refractivity contribution in [1.29, 1.82) is 0 Å². The molecule has 1 aliphatic rings. The van der Waals surface area contributed by atoms with E-state index in [2.05, 4.69) is 0 Å². The molecule has 1 N–H and O–H groups in total. The van der Waals surface area contributed by atoms with Crippen molar-refractivity contribution >= 4 is 11.9 Å². The molecule has 1 aromatic carbocycles. The zero-order valence-electron chi connectivity index (χ0n) is 10.1. The first-order valence-corrected chi connectivity index (χ1v) is 5.78. The van der Waals surface area contributed by atoms with Crippen LogP contribution in [0.1, 0.15) is 16.8 Å². The Labute approximate surface area is 105 Å². The van der Waals surface area contributed by atoms with Gasteiger partial charge in [-0.3, -0.25) is 9.59 Å². The maximum Gasteiger partial charge on any atom is 0.308 e. The van der Waals surface area contributed by atoms with Crippen LogP contribution < -0.4 is 4.74 Å². The summed E-state index contributed by atoms with van der Waals surface area (Å²) >= 11 is 0. The predicted octanol–water partition coefficient (Wildman–Crippen LogP) is 1.24. The highest BCUT2D eigenvalue weighted by atomic mass is 16.5. The maximum atomic E-state index is 12.2. The third-order valence-electron chi connectivity index (χ3n) is 3.14. The number of carboxylic acids is 1. The third kappa shape index (κ3) is 2.45. The standard InChI is InChI=1S/C13H15NO4/c1-18-11-4-2-3-9(7-11)12(15)14-6-5-10(8-14)13(16)17/h2-4,7,10H,5-6,8H2,1H3,(H,16,17). The van der Waals surface area contributed by atoms with Crippen LogP contribution in [0, 0.1) is 5.92 Å². The number of likely N-dealkylation sites (tertiary alicyclic amines) is 1. The van der Waals surface area contributed by atoms with Crippen molar-refractivity contribution in [3.05, 3.63) is 29.8 Å². The number of ether oxygens (including phenoxy) is 1. The van der Waals surface area contributed by atoms with Crippen LogP contribution >= 0.6 is 0 Å². The first kappa shape index (κ1) is 12.4. The van der Waals surface area contributed by atoms with Crippen LogP contribution in [-0.4, -0.2) is 42.1 Å². The molecule has 1 aliphatic heterocycles. The van der Waals surface area contributed by atoms with E-state index in [4.69, 9.17) is 9.84 Å². The quantitative estimate of drug-likeness (QED) is 0.875. The SMILES string of the molecule is COc1cccc(C(=O)N2CCC(C(=O)O)C2)c1. The molecule has 96 valence electrons. The molecular formula is C13H15NO4. The number of hydrogen-bond donors (Lipinski definition) is 1. The fraction of sp³-hybridized carbons (Fsp3) is 0.385. The van der Waals surface area contributed by atoms with E-state index in [0.29, 0.717) is 24.3 Å². The smallest absolute Gasteiger partial charge is 0.308 e. The Morgan fingerprint density at radius 2 is 2.22 bits per heavy atom. The second-order valence-electron chi connectivity index (χ2n) is 4.31. The second-order valence-corrected chi connectivity index (χ2v) is 4.31. The Morgan fingerprint density at radius 1 is 1.44 bits per heavy atom. The van der Waals surface area contributed by atoms with Crippen molar-refractivity contribution in [2.75, 3.05) is 20.2 Å². The molecule has 0 spiro atoms. The minimum absolute atomic E-state index is 0.141. The predicted molar refractivity (Wildman–Crippen MR) is 64.6 cm³/mol. The summed E-state index contributed by atoms with van der Waals surface area (Å²) in [4.78, 5) is 24.6. The monoisotopic (exact) mass is 249 g/mol. The van der Waals surface area contributed by atoms with Crippen molar-refractivity contribution < 1.29 is 19.4 Å². The maximum absolute atomic E-state index is 12.2. The summed E-state index contributed by atoms with van der Waals surface area (Å²) in [6.07, 6.45) is 0.519. The third-order valence-corrected chi connectivity index (χ3v) is 3.14. The fourth-order valence-corrected chi connectivity index (χ4v) is 2.08. The molecule has 1 heterocycles. The average Bonchev–Trinajstić information content (AvgIpc) is 2.87. The number of hydrogen-bond acceptors (Lipinski definition) is 3. The van der Waals surface area contributed by atoms with Crippen molar-refractivity contribution in [3.8, 4) is 5.75 Å². The molecule has 5 heteroatoms. The van der Waals surface area contributed by atoms with Gasteiger partial charge in [-0.2, -0.15) is 0 Å². The minimum Gasteiger partial charge on any atom is -0.497 e. The highest BCUT2D eigenvalue weighted by Gasteiger charge is 2.31. The lowest BCUT2D eigenvalue weighted by atomic mass is 10.1. The summed E-state index contributed by atoms with van der Waals surface area (Å²) in [5.74, 6) is -0.803. The first-order chi connectivity index (χ1) is 8.61. The van der Waals surface area contributed by atoms with Crippen LogP contribution in [-0.2, 0) is 4.79 Å². The van der Waals surface area contributed by atoms with Crippen LogP contribution in [0.4, 0.5) is 0 Å². The van der Waals surface area contributed by atoms with E-state index in [0.717, 1.165) is 0 Å². The Balaban J connectivity index is 2.10. The van der Waals surface area contributed by atoms with E-state index in [-0.39, 0.29) is 12.5 Å². The molecule has 1 amide bonds. The number of nitrogens with zero attached hydrogens (tertiary/aromatic N) is 1. The molecule has 1 saturated heterocycles.